The number of hydrogen-bond donors (Lipinski definition) is 1. The second kappa shape index (κ2) is 3.71. The topological polar surface area (TPSA) is 53.1 Å². The Kier molecular flexibility index (Phi) is 2.56. The molecule has 0 saturated carbocycles. The lowest BCUT2D eigenvalue weighted by Crippen LogP contribution is -2.49. The molecule has 4 heteroatoms. The molecule has 78 valence electrons. The molecule has 1 atom stereocenters. The van der Waals surface area contributed by atoms with Gasteiger partial charge < -0.3 is 10.5 Å². The average molecular weight is 195 g/mol. The van der Waals surface area contributed by atoms with Gasteiger partial charge in [0.1, 0.15) is 0 Å². The van der Waals surface area contributed by atoms with E-state index in [2.05, 4.69) is 5.10 Å². The van der Waals surface area contributed by atoms with E-state index in [0.717, 1.165) is 31.6 Å². The molecule has 1 aliphatic rings. The molecule has 1 fully saturated rings. The van der Waals surface area contributed by atoms with E-state index in [9.17, 15) is 0 Å². The molecule has 1 unspecified atom stereocenters. The van der Waals surface area contributed by atoms with Crippen molar-refractivity contribution in [3.8, 4) is 0 Å². The van der Waals surface area contributed by atoms with Crippen LogP contribution in [0.4, 0.5) is 0 Å². The highest BCUT2D eigenvalue weighted by atomic mass is 16.5. The Labute approximate surface area is 84.0 Å². The Morgan fingerprint density at radius 3 is 3.14 bits per heavy atom. The first-order valence-electron chi connectivity index (χ1n) is 5.03. The maximum absolute atomic E-state index is 6.23. The van der Waals surface area contributed by atoms with Gasteiger partial charge in [-0.05, 0) is 18.9 Å². The van der Waals surface area contributed by atoms with Gasteiger partial charge in [0.05, 0.1) is 12.3 Å². The molecule has 2 heterocycles. The summed E-state index contributed by atoms with van der Waals surface area (Å²) in [5.41, 5.74) is 7.08. The number of hydrogen-bond acceptors (Lipinski definition) is 3. The number of aryl methyl sites for hydroxylation is 1. The Morgan fingerprint density at radius 2 is 2.57 bits per heavy atom. The maximum Gasteiger partial charge on any atom is 0.0650 e. The van der Waals surface area contributed by atoms with Crippen LogP contribution in [0.5, 0.6) is 0 Å². The third kappa shape index (κ3) is 2.13. The van der Waals surface area contributed by atoms with Crippen molar-refractivity contribution in [3.63, 3.8) is 0 Å². The van der Waals surface area contributed by atoms with E-state index >= 15 is 0 Å². The van der Waals surface area contributed by atoms with Gasteiger partial charge >= 0.3 is 0 Å². The van der Waals surface area contributed by atoms with Crippen molar-refractivity contribution in [1.29, 1.82) is 0 Å². The Hall–Kier alpha value is -0.870. The van der Waals surface area contributed by atoms with Crippen LogP contribution in [0.25, 0.3) is 0 Å². The molecule has 1 saturated heterocycles. The van der Waals surface area contributed by atoms with Gasteiger partial charge in [0.2, 0.25) is 0 Å². The van der Waals surface area contributed by atoms with Gasteiger partial charge in [0.15, 0.2) is 0 Å². The fraction of sp³-hybridized carbons (Fsp3) is 0.700. The summed E-state index contributed by atoms with van der Waals surface area (Å²) in [7, 11) is 1.92. The van der Waals surface area contributed by atoms with Crippen molar-refractivity contribution in [3.05, 3.63) is 18.0 Å². The minimum absolute atomic E-state index is 0.202. The quantitative estimate of drug-likeness (QED) is 0.746. The number of aromatic nitrogens is 2. The van der Waals surface area contributed by atoms with Crippen LogP contribution in [0.3, 0.4) is 0 Å². The van der Waals surface area contributed by atoms with E-state index in [1.165, 1.54) is 0 Å². The van der Waals surface area contributed by atoms with Crippen molar-refractivity contribution in [1.82, 2.24) is 9.78 Å². The van der Waals surface area contributed by atoms with E-state index in [1.54, 1.807) is 0 Å². The molecule has 2 rings (SSSR count). The highest BCUT2D eigenvalue weighted by Crippen LogP contribution is 2.20. The minimum Gasteiger partial charge on any atom is -0.380 e. The van der Waals surface area contributed by atoms with Crippen LogP contribution in [0.2, 0.25) is 0 Å². The zero-order valence-electron chi connectivity index (χ0n) is 8.57. The Morgan fingerprint density at radius 1 is 1.71 bits per heavy atom. The standard InChI is InChI=1S/C10H17N3O/c1-13-5-3-9(12-13)7-10(11)4-2-6-14-8-10/h3,5H,2,4,6-8,11H2,1H3. The summed E-state index contributed by atoms with van der Waals surface area (Å²) in [4.78, 5) is 0. The fourth-order valence-corrected chi connectivity index (χ4v) is 1.93. The van der Waals surface area contributed by atoms with Crippen molar-refractivity contribution in [2.45, 2.75) is 24.8 Å². The summed E-state index contributed by atoms with van der Waals surface area (Å²) in [6, 6.07) is 2.02. The second-order valence-electron chi connectivity index (χ2n) is 4.18. The van der Waals surface area contributed by atoms with Crippen molar-refractivity contribution >= 4 is 0 Å². The molecule has 4 nitrogen and oxygen atoms in total. The lowest BCUT2D eigenvalue weighted by molar-refractivity contribution is 0.0378. The highest BCUT2D eigenvalue weighted by Gasteiger charge is 2.29. The Balaban J connectivity index is 2.01. The van der Waals surface area contributed by atoms with Crippen LogP contribution in [0.1, 0.15) is 18.5 Å². The van der Waals surface area contributed by atoms with Crippen LogP contribution in [0, 0.1) is 0 Å². The molecule has 0 aromatic carbocycles. The SMILES string of the molecule is Cn1ccc(CC2(N)CCCOC2)n1. The van der Waals surface area contributed by atoms with Gasteiger partial charge in [-0.1, -0.05) is 0 Å². The predicted molar refractivity (Wildman–Crippen MR) is 53.9 cm³/mol. The smallest absolute Gasteiger partial charge is 0.0650 e. The van der Waals surface area contributed by atoms with E-state index in [1.807, 2.05) is 24.0 Å². The minimum atomic E-state index is -0.202. The van der Waals surface area contributed by atoms with Crippen molar-refractivity contribution in [2.24, 2.45) is 12.8 Å². The van der Waals surface area contributed by atoms with Crippen LogP contribution in [0.15, 0.2) is 12.3 Å². The van der Waals surface area contributed by atoms with Gasteiger partial charge in [-0.15, -0.1) is 0 Å². The summed E-state index contributed by atoms with van der Waals surface area (Å²) in [5.74, 6) is 0. The number of ether oxygens (including phenoxy) is 1. The first-order valence-corrected chi connectivity index (χ1v) is 5.03. The molecule has 1 aromatic rings. The van der Waals surface area contributed by atoms with Crippen molar-refractivity contribution in [2.75, 3.05) is 13.2 Å². The molecular weight excluding hydrogens is 178 g/mol. The monoisotopic (exact) mass is 195 g/mol. The summed E-state index contributed by atoms with van der Waals surface area (Å²) >= 11 is 0. The van der Waals surface area contributed by atoms with E-state index in [4.69, 9.17) is 10.5 Å². The summed E-state index contributed by atoms with van der Waals surface area (Å²) in [6.07, 6.45) is 4.85. The van der Waals surface area contributed by atoms with Crippen LogP contribution in [-0.2, 0) is 18.2 Å². The zero-order chi connectivity index (χ0) is 10.0. The molecular formula is C10H17N3O. The third-order valence-electron chi connectivity index (χ3n) is 2.65. The van der Waals surface area contributed by atoms with Gasteiger partial charge in [0, 0.05) is 31.8 Å². The molecule has 14 heavy (non-hydrogen) atoms. The summed E-state index contributed by atoms with van der Waals surface area (Å²) in [5, 5.41) is 4.33. The van der Waals surface area contributed by atoms with Gasteiger partial charge in [-0.2, -0.15) is 5.10 Å². The maximum atomic E-state index is 6.23. The molecule has 0 bridgehead atoms. The molecule has 0 spiro atoms. The molecule has 0 amide bonds. The first-order chi connectivity index (χ1) is 6.68. The van der Waals surface area contributed by atoms with Gasteiger partial charge in [-0.25, -0.2) is 0 Å². The molecule has 1 aromatic heterocycles. The first kappa shape index (κ1) is 9.68. The van der Waals surface area contributed by atoms with Crippen molar-refractivity contribution < 1.29 is 4.74 Å². The lowest BCUT2D eigenvalue weighted by Gasteiger charge is -2.32. The zero-order valence-corrected chi connectivity index (χ0v) is 8.57. The van der Waals surface area contributed by atoms with E-state index in [0.29, 0.717) is 6.61 Å². The van der Waals surface area contributed by atoms with Gasteiger partial charge in [-0.3, -0.25) is 4.68 Å². The lowest BCUT2D eigenvalue weighted by atomic mass is 9.89. The van der Waals surface area contributed by atoms with E-state index in [-0.39, 0.29) is 5.54 Å². The number of nitrogens with two attached hydrogens (primary N) is 1. The van der Waals surface area contributed by atoms with Crippen LogP contribution in [-0.4, -0.2) is 28.5 Å². The number of nitrogens with zero attached hydrogens (tertiary/aromatic N) is 2. The second-order valence-corrected chi connectivity index (χ2v) is 4.18. The highest BCUT2D eigenvalue weighted by molar-refractivity contribution is 5.06. The molecule has 0 radical (unpaired) electrons. The molecule has 2 N–H and O–H groups in total. The largest absolute Gasteiger partial charge is 0.380 e. The van der Waals surface area contributed by atoms with Gasteiger partial charge in [0.25, 0.3) is 0 Å². The molecule has 0 aliphatic carbocycles. The van der Waals surface area contributed by atoms with Crippen LogP contribution < -0.4 is 5.73 Å². The third-order valence-corrected chi connectivity index (χ3v) is 2.65. The summed E-state index contributed by atoms with van der Waals surface area (Å²) < 4.78 is 7.21. The normalized spacial score (nSPS) is 27.9. The fourth-order valence-electron chi connectivity index (χ4n) is 1.93. The number of rotatable bonds is 2. The Bertz CT molecular complexity index is 302. The summed E-state index contributed by atoms with van der Waals surface area (Å²) in [6.45, 7) is 1.50. The average Bonchev–Trinajstić information content (AvgIpc) is 2.51. The van der Waals surface area contributed by atoms with E-state index < -0.39 is 0 Å². The molecule has 1 aliphatic heterocycles. The van der Waals surface area contributed by atoms with Crippen LogP contribution >= 0.6 is 0 Å². The predicted octanol–water partition coefficient (Wildman–Crippen LogP) is 0.470.